The van der Waals surface area contributed by atoms with Crippen molar-refractivity contribution < 1.29 is 0 Å². The number of benzene rings is 1. The van der Waals surface area contributed by atoms with Gasteiger partial charge in [0.15, 0.2) is 0 Å². The predicted octanol–water partition coefficient (Wildman–Crippen LogP) is 1.75. The number of hydrogen-bond donors (Lipinski definition) is 2. The molecule has 0 aliphatic carbocycles. The Morgan fingerprint density at radius 3 is 2.86 bits per heavy atom. The molecule has 1 aromatic heterocycles. The van der Waals surface area contributed by atoms with Gasteiger partial charge in [0.25, 0.3) is 5.56 Å². The van der Waals surface area contributed by atoms with Crippen LogP contribution < -0.4 is 11.3 Å². The van der Waals surface area contributed by atoms with Gasteiger partial charge in [-0.2, -0.15) is 0 Å². The molecule has 3 N–H and O–H groups in total. The molecule has 3 nitrogen and oxygen atoms in total. The van der Waals surface area contributed by atoms with Gasteiger partial charge in [-0.15, -0.1) is 0 Å². The van der Waals surface area contributed by atoms with Crippen LogP contribution in [0.1, 0.15) is 5.69 Å². The molecule has 0 aliphatic heterocycles. The molecule has 0 saturated carbocycles. The fourth-order valence-electron chi connectivity index (χ4n) is 1.42. The Hall–Kier alpha value is -1.13. The molecule has 1 heterocycles. The number of halogens is 1. The van der Waals surface area contributed by atoms with Crippen molar-refractivity contribution in [2.75, 3.05) is 0 Å². The van der Waals surface area contributed by atoms with Crippen molar-refractivity contribution in [1.82, 2.24) is 4.98 Å². The van der Waals surface area contributed by atoms with E-state index in [0.717, 1.165) is 15.6 Å². The summed E-state index contributed by atoms with van der Waals surface area (Å²) in [6.07, 6.45) is 0. The predicted molar refractivity (Wildman–Crippen MR) is 60.2 cm³/mol. The SMILES string of the molecule is NCc1cc2c(Br)cccc2c(=O)[nH]1. The van der Waals surface area contributed by atoms with Crippen molar-refractivity contribution in [2.24, 2.45) is 5.73 Å². The van der Waals surface area contributed by atoms with Gasteiger partial charge in [-0.1, -0.05) is 22.0 Å². The third-order valence-electron chi connectivity index (χ3n) is 2.11. The molecule has 1 aromatic carbocycles. The van der Waals surface area contributed by atoms with E-state index in [1.165, 1.54) is 0 Å². The molecule has 0 bridgehead atoms. The summed E-state index contributed by atoms with van der Waals surface area (Å²) in [4.78, 5) is 14.3. The first kappa shape index (κ1) is 9.43. The van der Waals surface area contributed by atoms with Crippen molar-refractivity contribution in [3.63, 3.8) is 0 Å². The minimum atomic E-state index is -0.0933. The number of hydrogen-bond acceptors (Lipinski definition) is 2. The van der Waals surface area contributed by atoms with Gasteiger partial charge in [0.1, 0.15) is 0 Å². The highest BCUT2D eigenvalue weighted by atomic mass is 79.9. The van der Waals surface area contributed by atoms with Gasteiger partial charge in [0.05, 0.1) is 0 Å². The van der Waals surface area contributed by atoms with Gasteiger partial charge >= 0.3 is 0 Å². The fourth-order valence-corrected chi connectivity index (χ4v) is 1.90. The van der Waals surface area contributed by atoms with Gasteiger partial charge in [-0.05, 0) is 18.2 Å². The normalized spacial score (nSPS) is 10.7. The van der Waals surface area contributed by atoms with E-state index < -0.39 is 0 Å². The summed E-state index contributed by atoms with van der Waals surface area (Å²) in [5, 5.41) is 1.58. The van der Waals surface area contributed by atoms with Crippen LogP contribution in [0.25, 0.3) is 10.8 Å². The summed E-state index contributed by atoms with van der Waals surface area (Å²) in [6, 6.07) is 7.42. The molecule has 2 rings (SSSR count). The maximum Gasteiger partial charge on any atom is 0.256 e. The molecule has 0 spiro atoms. The van der Waals surface area contributed by atoms with Crippen molar-refractivity contribution in [1.29, 1.82) is 0 Å². The van der Waals surface area contributed by atoms with Gasteiger partial charge in [-0.3, -0.25) is 4.79 Å². The Bertz CT molecular complexity index is 533. The lowest BCUT2D eigenvalue weighted by atomic mass is 10.1. The van der Waals surface area contributed by atoms with Crippen molar-refractivity contribution in [3.05, 3.63) is 44.8 Å². The maximum atomic E-state index is 11.6. The largest absolute Gasteiger partial charge is 0.325 e. The molecule has 2 aromatic rings. The van der Waals surface area contributed by atoms with E-state index in [4.69, 9.17) is 5.73 Å². The average Bonchev–Trinajstić information content (AvgIpc) is 2.19. The second kappa shape index (κ2) is 3.55. The second-order valence-corrected chi connectivity index (χ2v) is 3.88. The Kier molecular flexibility index (Phi) is 2.39. The van der Waals surface area contributed by atoms with Gasteiger partial charge in [0, 0.05) is 27.5 Å². The van der Waals surface area contributed by atoms with Crippen LogP contribution >= 0.6 is 15.9 Å². The third-order valence-corrected chi connectivity index (χ3v) is 2.80. The van der Waals surface area contributed by atoms with E-state index >= 15 is 0 Å². The standard InChI is InChI=1S/C10H9BrN2O/c11-9-3-1-2-7-8(9)4-6(5-12)13-10(7)14/h1-4H,5,12H2,(H,13,14). The molecule has 0 unspecified atom stereocenters. The zero-order chi connectivity index (χ0) is 10.1. The van der Waals surface area contributed by atoms with Crippen LogP contribution in [0.5, 0.6) is 0 Å². The molecule has 14 heavy (non-hydrogen) atoms. The van der Waals surface area contributed by atoms with Crippen LogP contribution in [0.3, 0.4) is 0 Å². The lowest BCUT2D eigenvalue weighted by Crippen LogP contribution is -2.11. The maximum absolute atomic E-state index is 11.6. The highest BCUT2D eigenvalue weighted by Gasteiger charge is 2.03. The third kappa shape index (κ3) is 1.47. The minimum Gasteiger partial charge on any atom is -0.325 e. The van der Waals surface area contributed by atoms with Crippen LogP contribution in [0.2, 0.25) is 0 Å². The Labute approximate surface area is 89.1 Å². The highest BCUT2D eigenvalue weighted by molar-refractivity contribution is 9.10. The fraction of sp³-hybridized carbons (Fsp3) is 0.100. The lowest BCUT2D eigenvalue weighted by Gasteiger charge is -2.02. The quantitative estimate of drug-likeness (QED) is 0.813. The molecule has 0 fully saturated rings. The summed E-state index contributed by atoms with van der Waals surface area (Å²) < 4.78 is 0.913. The summed E-state index contributed by atoms with van der Waals surface area (Å²) in [7, 11) is 0. The molecular formula is C10H9BrN2O. The first-order valence-corrected chi connectivity index (χ1v) is 5.02. The van der Waals surface area contributed by atoms with Gasteiger partial charge < -0.3 is 10.7 Å². The number of nitrogens with two attached hydrogens (primary N) is 1. The molecule has 0 radical (unpaired) electrons. The van der Waals surface area contributed by atoms with Gasteiger partial charge in [-0.25, -0.2) is 0 Å². The zero-order valence-corrected chi connectivity index (χ0v) is 8.97. The Balaban J connectivity index is 2.91. The number of rotatable bonds is 1. The van der Waals surface area contributed by atoms with E-state index in [-0.39, 0.29) is 5.56 Å². The highest BCUT2D eigenvalue weighted by Crippen LogP contribution is 2.21. The molecule has 0 atom stereocenters. The van der Waals surface area contributed by atoms with Crippen molar-refractivity contribution in [3.8, 4) is 0 Å². The number of aromatic nitrogens is 1. The molecule has 0 aliphatic rings. The van der Waals surface area contributed by atoms with E-state index in [1.54, 1.807) is 6.07 Å². The molecule has 0 saturated heterocycles. The molecule has 72 valence electrons. The number of aromatic amines is 1. The Morgan fingerprint density at radius 2 is 2.14 bits per heavy atom. The second-order valence-electron chi connectivity index (χ2n) is 3.03. The van der Waals surface area contributed by atoms with E-state index in [2.05, 4.69) is 20.9 Å². The topological polar surface area (TPSA) is 58.9 Å². The van der Waals surface area contributed by atoms with Crippen molar-refractivity contribution >= 4 is 26.7 Å². The summed E-state index contributed by atoms with van der Waals surface area (Å²) in [5.74, 6) is 0. The average molecular weight is 253 g/mol. The van der Waals surface area contributed by atoms with E-state index in [1.807, 2.05) is 18.2 Å². The van der Waals surface area contributed by atoms with Gasteiger partial charge in [0.2, 0.25) is 0 Å². The number of H-pyrrole nitrogens is 1. The Morgan fingerprint density at radius 1 is 1.36 bits per heavy atom. The zero-order valence-electron chi connectivity index (χ0n) is 7.38. The lowest BCUT2D eigenvalue weighted by molar-refractivity contribution is 0.983. The summed E-state index contributed by atoms with van der Waals surface area (Å²) in [6.45, 7) is 0.340. The van der Waals surface area contributed by atoms with E-state index in [9.17, 15) is 4.79 Å². The summed E-state index contributed by atoms with van der Waals surface area (Å²) in [5.41, 5.74) is 6.13. The van der Waals surface area contributed by atoms with Crippen molar-refractivity contribution in [2.45, 2.75) is 6.54 Å². The van der Waals surface area contributed by atoms with E-state index in [0.29, 0.717) is 11.9 Å². The number of fused-ring (bicyclic) bond motifs is 1. The number of nitrogens with one attached hydrogen (secondary N) is 1. The van der Waals surface area contributed by atoms with Crippen LogP contribution in [0, 0.1) is 0 Å². The molecule has 4 heteroatoms. The molecular weight excluding hydrogens is 244 g/mol. The monoisotopic (exact) mass is 252 g/mol. The smallest absolute Gasteiger partial charge is 0.256 e. The van der Waals surface area contributed by atoms with Crippen LogP contribution in [-0.2, 0) is 6.54 Å². The van der Waals surface area contributed by atoms with Crippen LogP contribution in [0.15, 0.2) is 33.5 Å². The first-order chi connectivity index (χ1) is 6.72. The first-order valence-electron chi connectivity index (χ1n) is 4.23. The van der Waals surface area contributed by atoms with Crippen LogP contribution in [0.4, 0.5) is 0 Å². The van der Waals surface area contributed by atoms with Crippen LogP contribution in [-0.4, -0.2) is 4.98 Å². The summed E-state index contributed by atoms with van der Waals surface area (Å²) >= 11 is 3.40. The molecule has 0 amide bonds. The minimum absolute atomic E-state index is 0.0933. The number of pyridine rings is 1.